The van der Waals surface area contributed by atoms with Crippen LogP contribution in [0.2, 0.25) is 0 Å². The molecule has 0 heterocycles. The third-order valence-corrected chi connectivity index (χ3v) is 6.35. The van der Waals surface area contributed by atoms with Crippen molar-refractivity contribution in [2.24, 2.45) is 0 Å². The Morgan fingerprint density at radius 2 is 1.79 bits per heavy atom. The molecular formula is C19H24N4O5S. The second-order valence-corrected chi connectivity index (χ2v) is 8.63. The Labute approximate surface area is 169 Å². The number of non-ortho nitro benzene ring substituents is 1. The van der Waals surface area contributed by atoms with Crippen molar-refractivity contribution in [3.05, 3.63) is 64.2 Å². The Balaban J connectivity index is 1.93. The van der Waals surface area contributed by atoms with Crippen LogP contribution in [-0.2, 0) is 10.0 Å². The van der Waals surface area contributed by atoms with Crippen LogP contribution in [0, 0.1) is 10.1 Å². The van der Waals surface area contributed by atoms with Gasteiger partial charge in [-0.3, -0.25) is 14.9 Å². The number of nitro benzene ring substituents is 1. The van der Waals surface area contributed by atoms with Crippen molar-refractivity contribution in [1.29, 1.82) is 0 Å². The highest BCUT2D eigenvalue weighted by molar-refractivity contribution is 7.89. The number of benzene rings is 2. The molecule has 1 amide bonds. The second kappa shape index (κ2) is 9.48. The van der Waals surface area contributed by atoms with Crippen molar-refractivity contribution >= 4 is 27.3 Å². The van der Waals surface area contributed by atoms with Crippen LogP contribution < -0.4 is 10.6 Å². The van der Waals surface area contributed by atoms with Crippen molar-refractivity contribution in [2.45, 2.75) is 24.8 Å². The van der Waals surface area contributed by atoms with Crippen LogP contribution in [0.25, 0.3) is 0 Å². The van der Waals surface area contributed by atoms with Crippen LogP contribution >= 0.6 is 0 Å². The van der Waals surface area contributed by atoms with E-state index < -0.39 is 14.9 Å². The maximum Gasteiger partial charge on any atom is 0.269 e. The predicted molar refractivity (Wildman–Crippen MR) is 110 cm³/mol. The average molecular weight is 420 g/mol. The largest absolute Gasteiger partial charge is 0.383 e. The van der Waals surface area contributed by atoms with Gasteiger partial charge in [0.2, 0.25) is 10.0 Å². The van der Waals surface area contributed by atoms with Gasteiger partial charge in [-0.05, 0) is 44.2 Å². The number of carbonyl (C=O) groups is 1. The van der Waals surface area contributed by atoms with E-state index in [2.05, 4.69) is 10.6 Å². The third-order valence-electron chi connectivity index (χ3n) is 4.32. The molecule has 0 aliphatic carbocycles. The van der Waals surface area contributed by atoms with Gasteiger partial charge < -0.3 is 10.6 Å². The highest BCUT2D eigenvalue weighted by atomic mass is 32.2. The number of anilines is 1. The standard InChI is InChI=1S/C19H24N4O5S/c1-14(2)22(3)29(27,28)18-6-4-5-15(13-18)19(24)21-12-11-20-16-7-9-17(10-8-16)23(25)26/h4-10,13-14,20H,11-12H2,1-3H3,(H,21,24). The SMILES string of the molecule is CC(C)N(C)S(=O)(=O)c1cccc(C(=O)NCCNc2ccc([N+](=O)[O-])cc2)c1. The van der Waals surface area contributed by atoms with Gasteiger partial charge in [-0.25, -0.2) is 8.42 Å². The molecule has 0 saturated carbocycles. The van der Waals surface area contributed by atoms with E-state index in [9.17, 15) is 23.3 Å². The molecule has 0 fully saturated rings. The molecule has 0 aliphatic heterocycles. The van der Waals surface area contributed by atoms with Crippen LogP contribution in [0.4, 0.5) is 11.4 Å². The molecule has 0 unspecified atom stereocenters. The molecular weight excluding hydrogens is 396 g/mol. The fourth-order valence-corrected chi connectivity index (χ4v) is 3.84. The number of amides is 1. The van der Waals surface area contributed by atoms with Gasteiger partial charge in [-0.15, -0.1) is 0 Å². The van der Waals surface area contributed by atoms with Crippen molar-refractivity contribution in [3.8, 4) is 0 Å². The van der Waals surface area contributed by atoms with E-state index in [0.29, 0.717) is 18.8 Å². The van der Waals surface area contributed by atoms with Crippen LogP contribution in [0.5, 0.6) is 0 Å². The minimum Gasteiger partial charge on any atom is -0.383 e. The molecule has 2 N–H and O–H groups in total. The van der Waals surface area contributed by atoms with Gasteiger partial charge in [-0.1, -0.05) is 6.07 Å². The van der Waals surface area contributed by atoms with E-state index in [4.69, 9.17) is 0 Å². The molecule has 0 radical (unpaired) electrons. The van der Waals surface area contributed by atoms with Gasteiger partial charge in [0.25, 0.3) is 11.6 Å². The fraction of sp³-hybridized carbons (Fsp3) is 0.316. The fourth-order valence-electron chi connectivity index (χ4n) is 2.43. The first-order valence-electron chi connectivity index (χ1n) is 8.97. The maximum absolute atomic E-state index is 12.6. The monoisotopic (exact) mass is 420 g/mol. The number of carbonyl (C=O) groups excluding carboxylic acids is 1. The first-order chi connectivity index (χ1) is 13.6. The summed E-state index contributed by atoms with van der Waals surface area (Å²) in [5.41, 5.74) is 0.940. The van der Waals surface area contributed by atoms with Gasteiger partial charge >= 0.3 is 0 Å². The van der Waals surface area contributed by atoms with Crippen molar-refractivity contribution in [2.75, 3.05) is 25.5 Å². The summed E-state index contributed by atoms with van der Waals surface area (Å²) in [6.07, 6.45) is 0. The van der Waals surface area contributed by atoms with Crippen LogP contribution in [0.1, 0.15) is 24.2 Å². The minimum atomic E-state index is -3.67. The normalized spacial score (nSPS) is 11.5. The molecule has 156 valence electrons. The first kappa shape index (κ1) is 22.3. The number of sulfonamides is 1. The molecule has 2 aromatic carbocycles. The summed E-state index contributed by atoms with van der Waals surface area (Å²) < 4.78 is 26.4. The van der Waals surface area contributed by atoms with E-state index in [1.54, 1.807) is 32.0 Å². The lowest BCUT2D eigenvalue weighted by molar-refractivity contribution is -0.384. The summed E-state index contributed by atoms with van der Waals surface area (Å²) in [5.74, 6) is -0.389. The molecule has 29 heavy (non-hydrogen) atoms. The number of hydrogen-bond donors (Lipinski definition) is 2. The van der Waals surface area contributed by atoms with Crippen LogP contribution in [-0.4, -0.2) is 49.7 Å². The predicted octanol–water partition coefficient (Wildman–Crippen LogP) is 2.47. The summed E-state index contributed by atoms with van der Waals surface area (Å²) in [6.45, 7) is 4.23. The number of nitrogens with zero attached hydrogens (tertiary/aromatic N) is 2. The summed E-state index contributed by atoms with van der Waals surface area (Å²) in [7, 11) is -2.18. The topological polar surface area (TPSA) is 122 Å². The number of nitro groups is 1. The van der Waals surface area contributed by atoms with Crippen molar-refractivity contribution < 1.29 is 18.1 Å². The molecule has 0 atom stereocenters. The van der Waals surface area contributed by atoms with Gasteiger partial charge in [0.15, 0.2) is 0 Å². The molecule has 0 saturated heterocycles. The highest BCUT2D eigenvalue weighted by Crippen LogP contribution is 2.18. The number of rotatable bonds is 9. The van der Waals surface area contributed by atoms with E-state index in [-0.39, 0.29) is 28.1 Å². The van der Waals surface area contributed by atoms with Crippen molar-refractivity contribution in [1.82, 2.24) is 9.62 Å². The summed E-state index contributed by atoms with van der Waals surface area (Å²) in [4.78, 5) is 22.6. The third kappa shape index (κ3) is 5.75. The molecule has 9 nitrogen and oxygen atoms in total. The summed E-state index contributed by atoms with van der Waals surface area (Å²) in [5, 5.41) is 16.4. The zero-order chi connectivity index (χ0) is 21.6. The minimum absolute atomic E-state index is 0.00167. The van der Waals surface area contributed by atoms with Crippen LogP contribution in [0.3, 0.4) is 0 Å². The number of nitrogens with one attached hydrogen (secondary N) is 2. The maximum atomic E-state index is 12.6. The highest BCUT2D eigenvalue weighted by Gasteiger charge is 2.23. The Kier molecular flexibility index (Phi) is 7.29. The average Bonchev–Trinajstić information content (AvgIpc) is 2.70. The molecule has 10 heteroatoms. The van der Waals surface area contributed by atoms with Gasteiger partial charge in [0.05, 0.1) is 9.82 Å². The molecule has 0 aliphatic rings. The summed E-state index contributed by atoms with van der Waals surface area (Å²) >= 11 is 0. The molecule has 2 rings (SSSR count). The molecule has 2 aromatic rings. The zero-order valence-corrected chi connectivity index (χ0v) is 17.3. The van der Waals surface area contributed by atoms with Crippen LogP contribution in [0.15, 0.2) is 53.4 Å². The Morgan fingerprint density at radius 1 is 1.14 bits per heavy atom. The Bertz CT molecular complexity index is 974. The number of hydrogen-bond acceptors (Lipinski definition) is 6. The lowest BCUT2D eigenvalue weighted by Gasteiger charge is -2.21. The van der Waals surface area contributed by atoms with E-state index in [1.165, 1.54) is 41.7 Å². The molecule has 0 spiro atoms. The zero-order valence-electron chi connectivity index (χ0n) is 16.5. The van der Waals surface area contributed by atoms with Gasteiger partial charge in [0, 0.05) is 49.6 Å². The quantitative estimate of drug-likeness (QED) is 0.365. The van der Waals surface area contributed by atoms with E-state index in [1.807, 2.05) is 0 Å². The van der Waals surface area contributed by atoms with Gasteiger partial charge in [-0.2, -0.15) is 4.31 Å². The lowest BCUT2D eigenvalue weighted by Crippen LogP contribution is -2.33. The van der Waals surface area contributed by atoms with Gasteiger partial charge in [0.1, 0.15) is 0 Å². The second-order valence-electron chi connectivity index (χ2n) is 6.63. The smallest absolute Gasteiger partial charge is 0.269 e. The lowest BCUT2D eigenvalue weighted by atomic mass is 10.2. The molecule has 0 bridgehead atoms. The summed E-state index contributed by atoms with van der Waals surface area (Å²) in [6, 6.07) is 11.6. The Morgan fingerprint density at radius 3 is 2.38 bits per heavy atom. The molecule has 0 aromatic heterocycles. The Hall–Kier alpha value is -2.98. The first-order valence-corrected chi connectivity index (χ1v) is 10.4. The van der Waals surface area contributed by atoms with E-state index >= 15 is 0 Å². The van der Waals surface area contributed by atoms with E-state index in [0.717, 1.165) is 0 Å². The van der Waals surface area contributed by atoms with Crippen molar-refractivity contribution in [3.63, 3.8) is 0 Å².